The molecule has 1 aromatic carbocycles. The van der Waals surface area contributed by atoms with Crippen molar-refractivity contribution in [2.45, 2.75) is 31.8 Å². The highest BCUT2D eigenvalue weighted by Crippen LogP contribution is 2.43. The topological polar surface area (TPSA) is 20.2 Å². The van der Waals surface area contributed by atoms with Crippen molar-refractivity contribution in [3.05, 3.63) is 34.1 Å². The molecule has 0 spiro atoms. The van der Waals surface area contributed by atoms with E-state index in [1.165, 1.54) is 6.07 Å². The predicted molar refractivity (Wildman–Crippen MR) is 61.0 cm³/mol. The minimum atomic E-state index is -0.965. The molecule has 2 atom stereocenters. The van der Waals surface area contributed by atoms with Crippen molar-refractivity contribution >= 4 is 15.9 Å². The van der Waals surface area contributed by atoms with Gasteiger partial charge < -0.3 is 5.11 Å². The van der Waals surface area contributed by atoms with Crippen LogP contribution in [0.3, 0.4) is 0 Å². The molecule has 1 saturated carbocycles. The van der Waals surface area contributed by atoms with E-state index in [2.05, 4.69) is 22.9 Å². The summed E-state index contributed by atoms with van der Waals surface area (Å²) in [4.78, 5) is 0. The molecule has 1 nitrogen and oxygen atoms in total. The standard InChI is InChI=1S/C12H14BrFO/c1-8-4-5-12(15,7-8)10-6-9(13)2-3-11(10)14/h2-3,6,8,15H,4-5,7H2,1H3. The quantitative estimate of drug-likeness (QED) is 0.829. The molecular formula is C12H14BrFO. The number of aliphatic hydroxyl groups is 1. The molecule has 2 rings (SSSR count). The fraction of sp³-hybridized carbons (Fsp3) is 0.500. The second-order valence-electron chi connectivity index (χ2n) is 4.50. The molecule has 0 saturated heterocycles. The van der Waals surface area contributed by atoms with E-state index in [0.29, 0.717) is 24.3 Å². The third-order valence-electron chi connectivity index (χ3n) is 3.17. The molecule has 2 unspecified atom stereocenters. The zero-order valence-corrected chi connectivity index (χ0v) is 10.2. The number of hydrogen-bond donors (Lipinski definition) is 1. The smallest absolute Gasteiger partial charge is 0.129 e. The molecule has 1 N–H and O–H groups in total. The molecule has 1 aliphatic rings. The van der Waals surface area contributed by atoms with Gasteiger partial charge in [0.2, 0.25) is 0 Å². The van der Waals surface area contributed by atoms with E-state index in [0.717, 1.165) is 10.9 Å². The van der Waals surface area contributed by atoms with E-state index in [9.17, 15) is 9.50 Å². The first-order valence-electron chi connectivity index (χ1n) is 5.19. The van der Waals surface area contributed by atoms with Gasteiger partial charge in [-0.2, -0.15) is 0 Å². The molecule has 1 aliphatic carbocycles. The van der Waals surface area contributed by atoms with E-state index in [4.69, 9.17) is 0 Å². The minimum absolute atomic E-state index is 0.310. The summed E-state index contributed by atoms with van der Waals surface area (Å²) in [5, 5.41) is 10.4. The van der Waals surface area contributed by atoms with Gasteiger partial charge >= 0.3 is 0 Å². The lowest BCUT2D eigenvalue weighted by Crippen LogP contribution is -2.23. The number of rotatable bonds is 1. The van der Waals surface area contributed by atoms with Crippen LogP contribution in [-0.2, 0) is 5.60 Å². The van der Waals surface area contributed by atoms with Crippen LogP contribution in [0, 0.1) is 11.7 Å². The largest absolute Gasteiger partial charge is 0.385 e. The van der Waals surface area contributed by atoms with Crippen molar-refractivity contribution in [2.24, 2.45) is 5.92 Å². The van der Waals surface area contributed by atoms with Gasteiger partial charge in [-0.1, -0.05) is 22.9 Å². The monoisotopic (exact) mass is 272 g/mol. The lowest BCUT2D eigenvalue weighted by molar-refractivity contribution is 0.0371. The van der Waals surface area contributed by atoms with Gasteiger partial charge in [-0.25, -0.2) is 4.39 Å². The lowest BCUT2D eigenvalue weighted by Gasteiger charge is -2.23. The molecule has 1 fully saturated rings. The third kappa shape index (κ3) is 2.08. The Bertz CT molecular complexity index is 380. The van der Waals surface area contributed by atoms with Crippen molar-refractivity contribution in [1.82, 2.24) is 0 Å². The van der Waals surface area contributed by atoms with Gasteiger partial charge in [0.15, 0.2) is 0 Å². The van der Waals surface area contributed by atoms with Crippen LogP contribution in [0.4, 0.5) is 4.39 Å². The average molecular weight is 273 g/mol. The molecule has 15 heavy (non-hydrogen) atoms. The highest BCUT2D eigenvalue weighted by Gasteiger charge is 2.38. The van der Waals surface area contributed by atoms with E-state index in [1.54, 1.807) is 12.1 Å². The van der Waals surface area contributed by atoms with Gasteiger partial charge in [0.25, 0.3) is 0 Å². The predicted octanol–water partition coefficient (Wildman–Crippen LogP) is 3.60. The van der Waals surface area contributed by atoms with Crippen LogP contribution >= 0.6 is 15.9 Å². The maximum atomic E-state index is 13.6. The first-order valence-corrected chi connectivity index (χ1v) is 5.98. The summed E-state index contributed by atoms with van der Waals surface area (Å²) in [5.74, 6) is 0.156. The van der Waals surface area contributed by atoms with Crippen LogP contribution in [0.15, 0.2) is 22.7 Å². The normalized spacial score (nSPS) is 30.8. The van der Waals surface area contributed by atoms with Crippen LogP contribution in [0.25, 0.3) is 0 Å². The first-order chi connectivity index (χ1) is 7.01. The first kappa shape index (κ1) is 11.1. The fourth-order valence-electron chi connectivity index (χ4n) is 2.36. The van der Waals surface area contributed by atoms with Gasteiger partial charge in [0.1, 0.15) is 5.82 Å². The van der Waals surface area contributed by atoms with Crippen molar-refractivity contribution in [1.29, 1.82) is 0 Å². The summed E-state index contributed by atoms with van der Waals surface area (Å²) in [6.07, 6.45) is 2.27. The van der Waals surface area contributed by atoms with Crippen molar-refractivity contribution in [2.75, 3.05) is 0 Å². The molecule has 1 aromatic rings. The van der Waals surface area contributed by atoms with E-state index in [1.807, 2.05) is 0 Å². The number of halogens is 2. The van der Waals surface area contributed by atoms with Gasteiger partial charge in [0, 0.05) is 10.0 Å². The van der Waals surface area contributed by atoms with Gasteiger partial charge in [-0.15, -0.1) is 0 Å². The zero-order chi connectivity index (χ0) is 11.1. The zero-order valence-electron chi connectivity index (χ0n) is 8.63. The average Bonchev–Trinajstić information content (AvgIpc) is 2.52. The van der Waals surface area contributed by atoms with E-state index in [-0.39, 0.29) is 5.82 Å². The number of benzene rings is 1. The summed E-state index contributed by atoms with van der Waals surface area (Å²) in [6, 6.07) is 4.74. The Balaban J connectivity index is 2.40. The van der Waals surface area contributed by atoms with Gasteiger partial charge in [-0.3, -0.25) is 0 Å². The van der Waals surface area contributed by atoms with Crippen molar-refractivity contribution in [3.63, 3.8) is 0 Å². The Kier molecular flexibility index (Phi) is 2.86. The summed E-state index contributed by atoms with van der Waals surface area (Å²) < 4.78 is 14.4. The lowest BCUT2D eigenvalue weighted by atomic mass is 9.91. The van der Waals surface area contributed by atoms with Gasteiger partial charge in [0.05, 0.1) is 5.60 Å². The SMILES string of the molecule is CC1CCC(O)(c2cc(Br)ccc2F)C1. The second kappa shape index (κ2) is 3.87. The Hall–Kier alpha value is -0.410. The van der Waals surface area contributed by atoms with Crippen molar-refractivity contribution in [3.8, 4) is 0 Å². The fourth-order valence-corrected chi connectivity index (χ4v) is 2.73. The number of hydrogen-bond acceptors (Lipinski definition) is 1. The molecule has 82 valence electrons. The van der Waals surface area contributed by atoms with Gasteiger partial charge in [-0.05, 0) is 43.4 Å². The summed E-state index contributed by atoms with van der Waals surface area (Å²) in [5.41, 5.74) is -0.533. The molecular weight excluding hydrogens is 259 g/mol. The summed E-state index contributed by atoms with van der Waals surface area (Å²) >= 11 is 3.30. The Morgan fingerprint density at radius 2 is 2.27 bits per heavy atom. The van der Waals surface area contributed by atoms with E-state index < -0.39 is 5.60 Å². The molecule has 0 heterocycles. The summed E-state index contributed by atoms with van der Waals surface area (Å²) in [7, 11) is 0. The Labute approximate surface area is 97.4 Å². The molecule has 0 radical (unpaired) electrons. The molecule has 0 bridgehead atoms. The molecule has 0 amide bonds. The molecule has 3 heteroatoms. The van der Waals surface area contributed by atoms with Crippen LogP contribution in [0.5, 0.6) is 0 Å². The second-order valence-corrected chi connectivity index (χ2v) is 5.42. The minimum Gasteiger partial charge on any atom is -0.385 e. The highest BCUT2D eigenvalue weighted by molar-refractivity contribution is 9.10. The van der Waals surface area contributed by atoms with Crippen LogP contribution < -0.4 is 0 Å². The molecule has 0 aliphatic heterocycles. The maximum Gasteiger partial charge on any atom is 0.129 e. The molecule has 0 aromatic heterocycles. The van der Waals surface area contributed by atoms with Crippen LogP contribution in [0.1, 0.15) is 31.7 Å². The van der Waals surface area contributed by atoms with Crippen LogP contribution in [0.2, 0.25) is 0 Å². The summed E-state index contributed by atoms with van der Waals surface area (Å²) in [6.45, 7) is 2.09. The third-order valence-corrected chi connectivity index (χ3v) is 3.66. The van der Waals surface area contributed by atoms with Crippen molar-refractivity contribution < 1.29 is 9.50 Å². The Morgan fingerprint density at radius 1 is 1.53 bits per heavy atom. The Morgan fingerprint density at radius 3 is 2.87 bits per heavy atom. The van der Waals surface area contributed by atoms with Crippen LogP contribution in [-0.4, -0.2) is 5.11 Å². The van der Waals surface area contributed by atoms with E-state index >= 15 is 0 Å². The maximum absolute atomic E-state index is 13.6. The highest BCUT2D eigenvalue weighted by atomic mass is 79.9.